The fourth-order valence-electron chi connectivity index (χ4n) is 2.72. The second-order valence-corrected chi connectivity index (χ2v) is 5.09. The summed E-state index contributed by atoms with van der Waals surface area (Å²) in [5, 5.41) is 8.89. The summed E-state index contributed by atoms with van der Waals surface area (Å²) < 4.78 is 10.8. The number of piperidine rings is 1. The van der Waals surface area contributed by atoms with Crippen LogP contribution < -0.4 is 4.90 Å². The lowest BCUT2D eigenvalue weighted by atomic mass is 9.95. The van der Waals surface area contributed by atoms with Crippen LogP contribution in [0.5, 0.6) is 0 Å². The molecule has 1 N–H and O–H groups in total. The highest BCUT2D eigenvalue weighted by atomic mass is 16.7. The van der Waals surface area contributed by atoms with E-state index in [1.54, 1.807) is 24.7 Å². The van der Waals surface area contributed by atoms with Crippen LogP contribution in [0.2, 0.25) is 0 Å². The first kappa shape index (κ1) is 12.8. The van der Waals surface area contributed by atoms with Gasteiger partial charge in [-0.2, -0.15) is 0 Å². The summed E-state index contributed by atoms with van der Waals surface area (Å²) in [4.78, 5) is 13.1. The molecule has 1 saturated heterocycles. The van der Waals surface area contributed by atoms with E-state index in [0.29, 0.717) is 11.5 Å². The highest BCUT2D eigenvalue weighted by molar-refractivity contribution is 5.88. The number of rotatable bonds is 3. The van der Waals surface area contributed by atoms with E-state index in [-0.39, 0.29) is 6.29 Å². The standard InChI is InChI=1S/C15H17NO4/c17-14(18)11-1-3-13(4-2-11)16-7-5-12(6-8-16)15-19-9-10-20-15/h1-4,9-10,12,15H,5-8H2,(H,17,18). The van der Waals surface area contributed by atoms with Crippen molar-refractivity contribution in [3.63, 3.8) is 0 Å². The van der Waals surface area contributed by atoms with Crippen LogP contribution in [0.4, 0.5) is 5.69 Å². The van der Waals surface area contributed by atoms with Crippen LogP contribution in [0.15, 0.2) is 36.8 Å². The number of nitrogens with zero attached hydrogens (tertiary/aromatic N) is 1. The Morgan fingerprint density at radius 1 is 1.10 bits per heavy atom. The van der Waals surface area contributed by atoms with E-state index in [0.717, 1.165) is 31.6 Å². The quantitative estimate of drug-likeness (QED) is 0.918. The topological polar surface area (TPSA) is 59.0 Å². The normalized spacial score (nSPS) is 19.7. The number of hydrogen-bond acceptors (Lipinski definition) is 4. The zero-order valence-electron chi connectivity index (χ0n) is 11.1. The average molecular weight is 275 g/mol. The zero-order chi connectivity index (χ0) is 13.9. The van der Waals surface area contributed by atoms with Crippen LogP contribution in [0.3, 0.4) is 0 Å². The SMILES string of the molecule is O=C(O)c1ccc(N2CCC(C3OC=CO3)CC2)cc1. The molecular weight excluding hydrogens is 258 g/mol. The molecular formula is C15H17NO4. The van der Waals surface area contributed by atoms with Gasteiger partial charge >= 0.3 is 5.97 Å². The predicted octanol–water partition coefficient (Wildman–Crippen LogP) is 2.45. The van der Waals surface area contributed by atoms with Crippen LogP contribution in [0.25, 0.3) is 0 Å². The number of anilines is 1. The predicted molar refractivity (Wildman–Crippen MR) is 73.4 cm³/mol. The molecule has 5 heteroatoms. The highest BCUT2D eigenvalue weighted by Gasteiger charge is 2.29. The van der Waals surface area contributed by atoms with Gasteiger partial charge in [-0.3, -0.25) is 0 Å². The molecule has 1 aromatic rings. The number of benzene rings is 1. The molecule has 1 fully saturated rings. The van der Waals surface area contributed by atoms with Crippen molar-refractivity contribution in [1.82, 2.24) is 0 Å². The third-order valence-electron chi connectivity index (χ3n) is 3.88. The molecule has 106 valence electrons. The maximum atomic E-state index is 10.8. The van der Waals surface area contributed by atoms with Gasteiger partial charge in [0, 0.05) is 24.7 Å². The molecule has 0 atom stereocenters. The molecule has 20 heavy (non-hydrogen) atoms. The zero-order valence-corrected chi connectivity index (χ0v) is 11.1. The van der Waals surface area contributed by atoms with E-state index in [1.165, 1.54) is 0 Å². The Hall–Kier alpha value is -2.17. The number of hydrogen-bond donors (Lipinski definition) is 1. The summed E-state index contributed by atoms with van der Waals surface area (Å²) >= 11 is 0. The second-order valence-electron chi connectivity index (χ2n) is 5.09. The van der Waals surface area contributed by atoms with Crippen molar-refractivity contribution in [1.29, 1.82) is 0 Å². The van der Waals surface area contributed by atoms with Gasteiger partial charge in [-0.1, -0.05) is 0 Å². The Bertz CT molecular complexity index is 495. The van der Waals surface area contributed by atoms with Gasteiger partial charge in [-0.25, -0.2) is 4.79 Å². The van der Waals surface area contributed by atoms with Gasteiger partial charge in [-0.15, -0.1) is 0 Å². The fourth-order valence-corrected chi connectivity index (χ4v) is 2.72. The number of carboxylic acid groups (broad SMARTS) is 1. The third-order valence-corrected chi connectivity index (χ3v) is 3.88. The maximum absolute atomic E-state index is 10.8. The number of ether oxygens (including phenoxy) is 2. The molecule has 2 aliphatic heterocycles. The Balaban J connectivity index is 1.58. The first-order chi connectivity index (χ1) is 9.74. The minimum absolute atomic E-state index is 0.133. The van der Waals surface area contributed by atoms with Crippen molar-refractivity contribution >= 4 is 11.7 Å². The van der Waals surface area contributed by atoms with Crippen molar-refractivity contribution in [3.8, 4) is 0 Å². The van der Waals surface area contributed by atoms with Crippen molar-refractivity contribution in [2.45, 2.75) is 19.1 Å². The molecule has 0 unspecified atom stereocenters. The molecule has 0 saturated carbocycles. The number of carbonyl (C=O) groups is 1. The Kier molecular flexibility index (Phi) is 3.50. The Morgan fingerprint density at radius 2 is 1.70 bits per heavy atom. The van der Waals surface area contributed by atoms with Crippen LogP contribution in [-0.4, -0.2) is 30.5 Å². The first-order valence-electron chi connectivity index (χ1n) is 6.78. The van der Waals surface area contributed by atoms with Crippen molar-refractivity contribution in [2.75, 3.05) is 18.0 Å². The Labute approximate surface area is 117 Å². The van der Waals surface area contributed by atoms with Crippen molar-refractivity contribution in [2.24, 2.45) is 5.92 Å². The van der Waals surface area contributed by atoms with Gasteiger partial charge < -0.3 is 19.5 Å². The molecule has 1 aromatic carbocycles. The summed E-state index contributed by atoms with van der Waals surface area (Å²) in [6.45, 7) is 1.86. The summed E-state index contributed by atoms with van der Waals surface area (Å²) in [5.74, 6) is -0.474. The van der Waals surface area contributed by atoms with Gasteiger partial charge in [0.2, 0.25) is 6.29 Å². The largest absolute Gasteiger partial charge is 0.478 e. The Morgan fingerprint density at radius 3 is 2.25 bits per heavy atom. The van der Waals surface area contributed by atoms with E-state index in [4.69, 9.17) is 14.6 Å². The van der Waals surface area contributed by atoms with Gasteiger partial charge in [0.05, 0.1) is 5.56 Å². The van der Waals surface area contributed by atoms with Crippen LogP contribution in [0, 0.1) is 5.92 Å². The minimum atomic E-state index is -0.890. The van der Waals surface area contributed by atoms with Crippen LogP contribution in [0.1, 0.15) is 23.2 Å². The summed E-state index contributed by atoms with van der Waals surface area (Å²) in [7, 11) is 0. The van der Waals surface area contributed by atoms with Crippen LogP contribution in [-0.2, 0) is 9.47 Å². The van der Waals surface area contributed by atoms with E-state index >= 15 is 0 Å². The first-order valence-corrected chi connectivity index (χ1v) is 6.78. The molecule has 0 aromatic heterocycles. The van der Waals surface area contributed by atoms with Gasteiger partial charge in [0.15, 0.2) is 0 Å². The van der Waals surface area contributed by atoms with Crippen molar-refractivity contribution in [3.05, 3.63) is 42.4 Å². The maximum Gasteiger partial charge on any atom is 0.335 e. The monoisotopic (exact) mass is 275 g/mol. The molecule has 0 radical (unpaired) electrons. The molecule has 2 aliphatic rings. The molecule has 3 rings (SSSR count). The van der Waals surface area contributed by atoms with E-state index in [9.17, 15) is 4.79 Å². The van der Waals surface area contributed by atoms with Gasteiger partial charge in [0.1, 0.15) is 12.5 Å². The second kappa shape index (κ2) is 5.45. The van der Waals surface area contributed by atoms with Gasteiger partial charge in [0.25, 0.3) is 0 Å². The lowest BCUT2D eigenvalue weighted by Crippen LogP contribution is -2.38. The van der Waals surface area contributed by atoms with Crippen molar-refractivity contribution < 1.29 is 19.4 Å². The number of carboxylic acids is 1. The van der Waals surface area contributed by atoms with Gasteiger partial charge in [-0.05, 0) is 37.1 Å². The average Bonchev–Trinajstić information content (AvgIpc) is 3.02. The molecule has 2 heterocycles. The van der Waals surface area contributed by atoms with E-state index < -0.39 is 5.97 Å². The fraction of sp³-hybridized carbons (Fsp3) is 0.400. The highest BCUT2D eigenvalue weighted by Crippen LogP contribution is 2.28. The molecule has 0 bridgehead atoms. The summed E-state index contributed by atoms with van der Waals surface area (Å²) in [6, 6.07) is 7.04. The summed E-state index contributed by atoms with van der Waals surface area (Å²) in [6.07, 6.45) is 5.08. The summed E-state index contributed by atoms with van der Waals surface area (Å²) in [5.41, 5.74) is 1.39. The molecule has 0 amide bonds. The molecule has 0 spiro atoms. The minimum Gasteiger partial charge on any atom is -0.478 e. The lowest BCUT2D eigenvalue weighted by Gasteiger charge is -2.35. The van der Waals surface area contributed by atoms with E-state index in [2.05, 4.69) is 4.90 Å². The molecule has 5 nitrogen and oxygen atoms in total. The molecule has 0 aliphatic carbocycles. The lowest BCUT2D eigenvalue weighted by molar-refractivity contribution is -0.0728. The third kappa shape index (κ3) is 2.57. The number of aromatic carboxylic acids is 1. The van der Waals surface area contributed by atoms with Crippen LogP contribution >= 0.6 is 0 Å². The van der Waals surface area contributed by atoms with E-state index in [1.807, 2.05) is 12.1 Å². The smallest absolute Gasteiger partial charge is 0.335 e.